The van der Waals surface area contributed by atoms with Crippen LogP contribution in [0.15, 0.2) is 11.6 Å². The number of fused-ring (bicyclic) bond motifs is 5. The smallest absolute Gasteiger partial charge is 0.407 e. The van der Waals surface area contributed by atoms with E-state index in [0.717, 1.165) is 54.8 Å². The number of unbranched alkanes of at least 4 members (excludes halogenated alkanes) is 1. The third-order valence-corrected chi connectivity index (χ3v) is 13.9. The van der Waals surface area contributed by atoms with E-state index in [1.165, 1.54) is 63.9 Å². The molecule has 1 amide bonds. The highest BCUT2D eigenvalue weighted by Crippen LogP contribution is 2.67. The molecule has 0 aromatic rings. The zero-order valence-electron chi connectivity index (χ0n) is 30.7. The Balaban J connectivity index is 1.04. The lowest BCUT2D eigenvalue weighted by molar-refractivity contribution is -0.333. The molecule has 276 valence electrons. The second-order valence-electron chi connectivity index (χ2n) is 17.4. The maximum atomic E-state index is 12.7. The number of hydrogen-bond donors (Lipinski definition) is 5. The van der Waals surface area contributed by atoms with Crippen molar-refractivity contribution in [2.75, 3.05) is 19.8 Å². The Labute approximate surface area is 289 Å². The molecule has 4 aliphatic carbocycles. The van der Waals surface area contributed by atoms with Gasteiger partial charge in [0.15, 0.2) is 6.29 Å². The van der Waals surface area contributed by atoms with Crippen molar-refractivity contribution in [1.29, 1.82) is 0 Å². The first-order valence-corrected chi connectivity index (χ1v) is 19.3. The van der Waals surface area contributed by atoms with Gasteiger partial charge in [0.25, 0.3) is 0 Å². The van der Waals surface area contributed by atoms with E-state index in [0.29, 0.717) is 24.8 Å². The number of hydrogen-bond acceptors (Lipinski definition) is 8. The third kappa shape index (κ3) is 7.67. The normalized spacial score (nSPS) is 43.1. The molecule has 5 N–H and O–H groups in total. The highest BCUT2D eigenvalue weighted by molar-refractivity contribution is 5.67. The topological polar surface area (TPSA) is 138 Å². The Hall–Kier alpha value is -1.23. The molecule has 48 heavy (non-hydrogen) atoms. The number of rotatable bonds is 13. The fourth-order valence-corrected chi connectivity index (χ4v) is 10.9. The minimum Gasteiger partial charge on any atom is -0.446 e. The van der Waals surface area contributed by atoms with E-state index >= 15 is 0 Å². The van der Waals surface area contributed by atoms with Crippen LogP contribution in [0, 0.1) is 46.3 Å². The van der Waals surface area contributed by atoms with E-state index in [-0.39, 0.29) is 24.2 Å². The highest BCUT2D eigenvalue weighted by atomic mass is 16.7. The summed E-state index contributed by atoms with van der Waals surface area (Å²) in [5, 5.41) is 42.9. The molecule has 0 bridgehead atoms. The number of carbonyl (C=O) groups is 1. The van der Waals surface area contributed by atoms with Gasteiger partial charge in [0.1, 0.15) is 30.0 Å². The summed E-state index contributed by atoms with van der Waals surface area (Å²) in [7, 11) is 0. The number of allylic oxidation sites excluding steroid dienone is 1. The van der Waals surface area contributed by atoms with Crippen molar-refractivity contribution in [3.8, 4) is 0 Å². The van der Waals surface area contributed by atoms with E-state index < -0.39 is 36.8 Å². The van der Waals surface area contributed by atoms with Crippen LogP contribution in [-0.4, -0.2) is 82.6 Å². The van der Waals surface area contributed by atoms with Crippen molar-refractivity contribution < 1.29 is 39.4 Å². The summed E-state index contributed by atoms with van der Waals surface area (Å²) in [5.74, 6) is 4.88. The first-order valence-electron chi connectivity index (χ1n) is 19.3. The van der Waals surface area contributed by atoms with Gasteiger partial charge < -0.3 is 40.0 Å². The van der Waals surface area contributed by atoms with Crippen molar-refractivity contribution in [2.24, 2.45) is 46.3 Å². The van der Waals surface area contributed by atoms with Gasteiger partial charge >= 0.3 is 6.09 Å². The molecule has 4 fully saturated rings. The molecule has 0 radical (unpaired) electrons. The number of ether oxygens (including phenoxy) is 3. The van der Waals surface area contributed by atoms with Crippen molar-refractivity contribution in [2.45, 2.75) is 161 Å². The van der Waals surface area contributed by atoms with Crippen LogP contribution in [0.5, 0.6) is 0 Å². The van der Waals surface area contributed by atoms with Crippen molar-refractivity contribution in [3.63, 3.8) is 0 Å². The molecular formula is C39H67NO8. The third-order valence-electron chi connectivity index (χ3n) is 13.9. The van der Waals surface area contributed by atoms with Gasteiger partial charge in [-0.25, -0.2) is 4.79 Å². The van der Waals surface area contributed by atoms with Gasteiger partial charge in [0, 0.05) is 19.6 Å². The monoisotopic (exact) mass is 677 g/mol. The van der Waals surface area contributed by atoms with Crippen molar-refractivity contribution in [3.05, 3.63) is 11.6 Å². The van der Waals surface area contributed by atoms with Crippen LogP contribution in [0.25, 0.3) is 0 Å². The van der Waals surface area contributed by atoms with Gasteiger partial charge in [-0.2, -0.15) is 0 Å². The van der Waals surface area contributed by atoms with Crippen LogP contribution >= 0.6 is 0 Å². The molecule has 1 heterocycles. The maximum Gasteiger partial charge on any atom is 0.407 e. The number of nitrogens with one attached hydrogen (secondary N) is 1. The van der Waals surface area contributed by atoms with E-state index in [1.54, 1.807) is 0 Å². The molecule has 1 saturated heterocycles. The maximum absolute atomic E-state index is 12.7. The Morgan fingerprint density at radius 2 is 1.75 bits per heavy atom. The van der Waals surface area contributed by atoms with Crippen LogP contribution in [0.2, 0.25) is 0 Å². The SMILES string of the molecule is CC(C)CCCC(C)C1CCC2C3CC=C4CC(OC(=O)NCCCCOC5OC(C)(CO)[C@H](O)C(O)C5O)CC[C@]4(C)C3CC[C@]12C. The molecular weight excluding hydrogens is 610 g/mol. The lowest BCUT2D eigenvalue weighted by atomic mass is 9.47. The average Bonchev–Trinajstić information content (AvgIpc) is 3.41. The van der Waals surface area contributed by atoms with Gasteiger partial charge in [-0.1, -0.05) is 65.5 Å². The van der Waals surface area contributed by atoms with E-state index in [2.05, 4.69) is 46.0 Å². The molecule has 5 rings (SSSR count). The fourth-order valence-electron chi connectivity index (χ4n) is 10.9. The number of alkyl carbamates (subject to hydrolysis) is 1. The Morgan fingerprint density at radius 1 is 0.979 bits per heavy atom. The molecule has 13 atom stereocenters. The summed E-state index contributed by atoms with van der Waals surface area (Å²) in [4.78, 5) is 12.7. The summed E-state index contributed by atoms with van der Waals surface area (Å²) in [6.07, 6.45) is 11.4. The number of aliphatic hydroxyl groups excluding tert-OH is 4. The fraction of sp³-hybridized carbons (Fsp3) is 0.923. The van der Waals surface area contributed by atoms with Gasteiger partial charge in [-0.3, -0.25) is 0 Å². The molecule has 3 saturated carbocycles. The van der Waals surface area contributed by atoms with E-state index in [9.17, 15) is 25.2 Å². The molecule has 5 aliphatic rings. The second-order valence-corrected chi connectivity index (χ2v) is 17.4. The summed E-state index contributed by atoms with van der Waals surface area (Å²) in [6.45, 7) is 14.0. The standard InChI is InChI=1S/C39H67NO8/c1-24(2)10-9-11-25(3)29-14-15-30-28-13-12-26-22-27(16-18-37(26,4)31(28)17-19-38(29,30)5)47-36(45)40-20-7-8-21-46-35-33(43)32(42)34(44)39(6,23-41)48-35/h12,24-25,27-35,41-44H,7-11,13-23H2,1-6H3,(H,40,45)/t25?,27?,28?,29?,30?,31?,32?,33?,34-,35?,37+,38-,39?/m1/s1. The van der Waals surface area contributed by atoms with Crippen LogP contribution in [0.4, 0.5) is 4.79 Å². The Bertz CT molecular complexity index is 1120. The molecule has 9 heteroatoms. The molecule has 10 unspecified atom stereocenters. The summed E-state index contributed by atoms with van der Waals surface area (Å²) >= 11 is 0. The van der Waals surface area contributed by atoms with Gasteiger partial charge in [0.2, 0.25) is 0 Å². The number of aliphatic hydroxyl groups is 4. The molecule has 0 spiro atoms. The molecule has 1 aliphatic heterocycles. The molecule has 0 aromatic heterocycles. The van der Waals surface area contributed by atoms with Crippen molar-refractivity contribution in [1.82, 2.24) is 5.32 Å². The minimum atomic E-state index is -1.49. The number of amides is 1. The zero-order chi connectivity index (χ0) is 34.9. The quantitative estimate of drug-likeness (QED) is 0.116. The Kier molecular flexibility index (Phi) is 12.3. The van der Waals surface area contributed by atoms with Gasteiger partial charge in [-0.05, 0) is 111 Å². The van der Waals surface area contributed by atoms with Crippen LogP contribution in [0.3, 0.4) is 0 Å². The number of carbonyl (C=O) groups excluding carboxylic acids is 1. The highest BCUT2D eigenvalue weighted by Gasteiger charge is 2.59. The largest absolute Gasteiger partial charge is 0.446 e. The Morgan fingerprint density at radius 3 is 2.48 bits per heavy atom. The zero-order valence-corrected chi connectivity index (χ0v) is 30.7. The second kappa shape index (κ2) is 15.6. The first-order chi connectivity index (χ1) is 22.7. The predicted molar refractivity (Wildman–Crippen MR) is 185 cm³/mol. The minimum absolute atomic E-state index is 0.0897. The van der Waals surface area contributed by atoms with Crippen molar-refractivity contribution >= 4 is 6.09 Å². The lowest BCUT2D eigenvalue weighted by Crippen LogP contribution is -2.65. The van der Waals surface area contributed by atoms with Crippen LogP contribution in [-0.2, 0) is 14.2 Å². The van der Waals surface area contributed by atoms with Crippen LogP contribution in [0.1, 0.15) is 125 Å². The van der Waals surface area contributed by atoms with E-state index in [1.807, 2.05) is 0 Å². The van der Waals surface area contributed by atoms with E-state index in [4.69, 9.17) is 14.2 Å². The van der Waals surface area contributed by atoms with Crippen LogP contribution < -0.4 is 5.32 Å². The average molecular weight is 678 g/mol. The summed E-state index contributed by atoms with van der Waals surface area (Å²) < 4.78 is 17.1. The predicted octanol–water partition coefficient (Wildman–Crippen LogP) is 6.11. The lowest BCUT2D eigenvalue weighted by Gasteiger charge is -2.58. The first kappa shape index (κ1) is 38.0. The summed E-state index contributed by atoms with van der Waals surface area (Å²) in [6, 6.07) is 0. The van der Waals surface area contributed by atoms with Gasteiger partial charge in [-0.15, -0.1) is 0 Å². The molecule has 9 nitrogen and oxygen atoms in total. The molecule has 0 aromatic carbocycles. The van der Waals surface area contributed by atoms with Gasteiger partial charge in [0.05, 0.1) is 6.61 Å². The summed E-state index contributed by atoms with van der Waals surface area (Å²) in [5.41, 5.74) is 0.804.